The van der Waals surface area contributed by atoms with E-state index in [0.717, 1.165) is 6.54 Å². The first-order valence-electron chi connectivity index (χ1n) is 5.90. The number of rotatable bonds is 6. The lowest BCUT2D eigenvalue weighted by Crippen LogP contribution is -2.43. The van der Waals surface area contributed by atoms with Gasteiger partial charge in [0.25, 0.3) is 0 Å². The number of nitrogens with zero attached hydrogens (tertiary/aromatic N) is 1. The Morgan fingerprint density at radius 3 is 2.33 bits per heavy atom. The Morgan fingerprint density at radius 2 is 1.87 bits per heavy atom. The van der Waals surface area contributed by atoms with E-state index >= 15 is 0 Å². The van der Waals surface area contributed by atoms with Crippen LogP contribution in [0.25, 0.3) is 0 Å². The van der Waals surface area contributed by atoms with Crippen LogP contribution in [0.1, 0.15) is 45.6 Å². The molecule has 15 heavy (non-hydrogen) atoms. The SMILES string of the molecule is CCC(CC)(CC)NCc1cccnc1. The number of aromatic nitrogens is 1. The Balaban J connectivity index is 2.54. The van der Waals surface area contributed by atoms with Crippen molar-refractivity contribution in [2.24, 2.45) is 0 Å². The molecule has 1 aromatic heterocycles. The number of pyridine rings is 1. The third-order valence-corrected chi connectivity index (χ3v) is 3.42. The highest BCUT2D eigenvalue weighted by Gasteiger charge is 2.22. The molecular formula is C13H22N2. The van der Waals surface area contributed by atoms with Crippen molar-refractivity contribution in [3.8, 4) is 0 Å². The summed E-state index contributed by atoms with van der Waals surface area (Å²) in [6, 6.07) is 4.11. The normalized spacial score (nSPS) is 11.7. The van der Waals surface area contributed by atoms with E-state index in [-0.39, 0.29) is 0 Å². The van der Waals surface area contributed by atoms with Gasteiger partial charge in [-0.3, -0.25) is 4.98 Å². The zero-order valence-electron chi connectivity index (χ0n) is 10.1. The van der Waals surface area contributed by atoms with E-state index in [2.05, 4.69) is 37.1 Å². The van der Waals surface area contributed by atoms with Gasteiger partial charge >= 0.3 is 0 Å². The second kappa shape index (κ2) is 5.86. The molecule has 0 atom stereocenters. The van der Waals surface area contributed by atoms with Crippen LogP contribution in [0, 0.1) is 0 Å². The molecule has 1 heterocycles. The van der Waals surface area contributed by atoms with Crippen molar-refractivity contribution in [2.45, 2.75) is 52.1 Å². The van der Waals surface area contributed by atoms with E-state index in [9.17, 15) is 0 Å². The zero-order chi connectivity index (χ0) is 11.1. The first kappa shape index (κ1) is 12.2. The highest BCUT2D eigenvalue weighted by molar-refractivity contribution is 5.08. The minimum atomic E-state index is 0.301. The predicted octanol–water partition coefficient (Wildman–Crippen LogP) is 3.14. The lowest BCUT2D eigenvalue weighted by Gasteiger charge is -2.32. The van der Waals surface area contributed by atoms with Gasteiger partial charge in [0, 0.05) is 24.5 Å². The number of hydrogen-bond acceptors (Lipinski definition) is 2. The van der Waals surface area contributed by atoms with Gasteiger partial charge in [-0.15, -0.1) is 0 Å². The molecule has 0 saturated carbocycles. The summed E-state index contributed by atoms with van der Waals surface area (Å²) >= 11 is 0. The summed E-state index contributed by atoms with van der Waals surface area (Å²) in [5.41, 5.74) is 1.56. The van der Waals surface area contributed by atoms with Crippen molar-refractivity contribution in [1.82, 2.24) is 10.3 Å². The van der Waals surface area contributed by atoms with E-state index in [1.54, 1.807) is 0 Å². The average Bonchev–Trinajstić information content (AvgIpc) is 2.33. The molecule has 0 saturated heterocycles. The Kier molecular flexibility index (Phi) is 4.76. The molecule has 1 N–H and O–H groups in total. The van der Waals surface area contributed by atoms with Gasteiger partial charge in [0.05, 0.1) is 0 Å². The Hall–Kier alpha value is -0.890. The first-order chi connectivity index (χ1) is 7.26. The maximum atomic E-state index is 4.12. The summed E-state index contributed by atoms with van der Waals surface area (Å²) in [5.74, 6) is 0. The minimum absolute atomic E-state index is 0.301. The molecule has 0 aliphatic rings. The molecule has 0 aliphatic heterocycles. The van der Waals surface area contributed by atoms with Crippen molar-refractivity contribution >= 4 is 0 Å². The first-order valence-corrected chi connectivity index (χ1v) is 5.90. The van der Waals surface area contributed by atoms with Crippen molar-refractivity contribution < 1.29 is 0 Å². The van der Waals surface area contributed by atoms with Gasteiger partial charge < -0.3 is 5.32 Å². The smallest absolute Gasteiger partial charge is 0.0312 e. The van der Waals surface area contributed by atoms with Gasteiger partial charge in [-0.1, -0.05) is 26.8 Å². The van der Waals surface area contributed by atoms with Crippen molar-refractivity contribution in [2.75, 3.05) is 0 Å². The lowest BCUT2D eigenvalue weighted by atomic mass is 9.89. The topological polar surface area (TPSA) is 24.9 Å². The summed E-state index contributed by atoms with van der Waals surface area (Å²) in [6.45, 7) is 7.68. The molecule has 1 rings (SSSR count). The fourth-order valence-electron chi connectivity index (χ4n) is 1.92. The van der Waals surface area contributed by atoms with Crippen LogP contribution in [0.5, 0.6) is 0 Å². The average molecular weight is 206 g/mol. The molecule has 0 bridgehead atoms. The van der Waals surface area contributed by atoms with Crippen LogP contribution in [-0.2, 0) is 6.54 Å². The summed E-state index contributed by atoms with van der Waals surface area (Å²) in [6.07, 6.45) is 7.29. The van der Waals surface area contributed by atoms with Crippen LogP contribution in [-0.4, -0.2) is 10.5 Å². The van der Waals surface area contributed by atoms with Crippen LogP contribution < -0.4 is 5.32 Å². The third-order valence-electron chi connectivity index (χ3n) is 3.42. The monoisotopic (exact) mass is 206 g/mol. The number of nitrogens with one attached hydrogen (secondary N) is 1. The van der Waals surface area contributed by atoms with Crippen molar-refractivity contribution in [3.63, 3.8) is 0 Å². The molecule has 0 radical (unpaired) electrons. The van der Waals surface area contributed by atoms with Crippen molar-refractivity contribution in [1.29, 1.82) is 0 Å². The fraction of sp³-hybridized carbons (Fsp3) is 0.615. The molecule has 84 valence electrons. The Bertz CT molecular complexity index is 257. The Labute approximate surface area is 93.1 Å². The summed E-state index contributed by atoms with van der Waals surface area (Å²) in [5, 5.41) is 3.66. The highest BCUT2D eigenvalue weighted by Crippen LogP contribution is 2.19. The minimum Gasteiger partial charge on any atom is -0.307 e. The third kappa shape index (κ3) is 3.31. The summed E-state index contributed by atoms with van der Waals surface area (Å²) in [4.78, 5) is 4.12. The van der Waals surface area contributed by atoms with E-state index < -0.39 is 0 Å². The van der Waals surface area contributed by atoms with Crippen LogP contribution in [0.2, 0.25) is 0 Å². The largest absolute Gasteiger partial charge is 0.307 e. The van der Waals surface area contributed by atoms with Crippen LogP contribution in [0.4, 0.5) is 0 Å². The zero-order valence-corrected chi connectivity index (χ0v) is 10.1. The van der Waals surface area contributed by atoms with Crippen LogP contribution in [0.3, 0.4) is 0 Å². The quantitative estimate of drug-likeness (QED) is 0.773. The van der Waals surface area contributed by atoms with E-state index in [1.165, 1.54) is 24.8 Å². The van der Waals surface area contributed by atoms with Gasteiger partial charge in [0.15, 0.2) is 0 Å². The second-order valence-electron chi connectivity index (χ2n) is 4.06. The molecule has 0 spiro atoms. The van der Waals surface area contributed by atoms with E-state index in [0.29, 0.717) is 5.54 Å². The number of hydrogen-bond donors (Lipinski definition) is 1. The van der Waals surface area contributed by atoms with Crippen LogP contribution in [0.15, 0.2) is 24.5 Å². The van der Waals surface area contributed by atoms with Gasteiger partial charge in [-0.2, -0.15) is 0 Å². The fourth-order valence-corrected chi connectivity index (χ4v) is 1.92. The molecule has 0 unspecified atom stereocenters. The molecule has 1 aromatic rings. The van der Waals surface area contributed by atoms with Gasteiger partial charge in [-0.05, 0) is 30.9 Å². The van der Waals surface area contributed by atoms with E-state index in [1.807, 2.05) is 18.5 Å². The molecule has 0 aliphatic carbocycles. The molecule has 0 aromatic carbocycles. The molecule has 0 fully saturated rings. The van der Waals surface area contributed by atoms with Gasteiger partial charge in [0.2, 0.25) is 0 Å². The van der Waals surface area contributed by atoms with Crippen LogP contribution >= 0.6 is 0 Å². The predicted molar refractivity (Wildman–Crippen MR) is 64.7 cm³/mol. The highest BCUT2D eigenvalue weighted by atomic mass is 15.0. The maximum absolute atomic E-state index is 4.12. The summed E-state index contributed by atoms with van der Waals surface area (Å²) in [7, 11) is 0. The Morgan fingerprint density at radius 1 is 1.20 bits per heavy atom. The summed E-state index contributed by atoms with van der Waals surface area (Å²) < 4.78 is 0. The molecule has 2 heteroatoms. The van der Waals surface area contributed by atoms with Gasteiger partial charge in [0.1, 0.15) is 0 Å². The lowest BCUT2D eigenvalue weighted by molar-refractivity contribution is 0.288. The maximum Gasteiger partial charge on any atom is 0.0312 e. The molecule has 0 amide bonds. The molecule has 2 nitrogen and oxygen atoms in total. The van der Waals surface area contributed by atoms with Gasteiger partial charge in [-0.25, -0.2) is 0 Å². The second-order valence-corrected chi connectivity index (χ2v) is 4.06. The van der Waals surface area contributed by atoms with Crippen molar-refractivity contribution in [3.05, 3.63) is 30.1 Å². The standard InChI is InChI=1S/C13H22N2/c1-4-13(5-2,6-3)15-11-12-8-7-9-14-10-12/h7-10,15H,4-6,11H2,1-3H3. The molecular weight excluding hydrogens is 184 g/mol. The van der Waals surface area contributed by atoms with E-state index in [4.69, 9.17) is 0 Å².